The van der Waals surface area contributed by atoms with Gasteiger partial charge in [0.05, 0.1) is 7.11 Å². The topological polar surface area (TPSA) is 38.3 Å². The summed E-state index contributed by atoms with van der Waals surface area (Å²) in [5.74, 6) is 0.545. The van der Waals surface area contributed by atoms with Gasteiger partial charge in [0.1, 0.15) is 5.76 Å². The molecule has 3 nitrogen and oxygen atoms in total. The number of carbonyl (C=O) groups is 1. The smallest absolute Gasteiger partial charge is 0.251 e. The first-order valence-electron chi connectivity index (χ1n) is 6.70. The van der Waals surface area contributed by atoms with E-state index in [1.54, 1.807) is 20.1 Å². The van der Waals surface area contributed by atoms with Gasteiger partial charge in [-0.2, -0.15) is 0 Å². The molecular formula is C17H18ClNO2. The molecule has 0 saturated heterocycles. The van der Waals surface area contributed by atoms with Gasteiger partial charge >= 0.3 is 0 Å². The third kappa shape index (κ3) is 3.76. The molecule has 0 atom stereocenters. The highest BCUT2D eigenvalue weighted by Gasteiger charge is 2.14. The van der Waals surface area contributed by atoms with Crippen molar-refractivity contribution >= 4 is 23.2 Å². The maximum absolute atomic E-state index is 12.3. The van der Waals surface area contributed by atoms with E-state index in [0.717, 1.165) is 16.8 Å². The van der Waals surface area contributed by atoms with Crippen molar-refractivity contribution < 1.29 is 9.53 Å². The molecule has 1 aromatic rings. The Morgan fingerprint density at radius 1 is 1.29 bits per heavy atom. The van der Waals surface area contributed by atoms with E-state index in [1.807, 2.05) is 37.3 Å². The van der Waals surface area contributed by atoms with E-state index in [1.165, 1.54) is 0 Å². The first-order chi connectivity index (χ1) is 10.0. The average molecular weight is 304 g/mol. The lowest BCUT2D eigenvalue weighted by atomic mass is 10.0. The summed E-state index contributed by atoms with van der Waals surface area (Å²) in [6, 6.07) is 7.46. The minimum absolute atomic E-state index is 0.144. The molecule has 0 unspecified atom stereocenters. The first-order valence-corrected chi connectivity index (χ1v) is 7.08. The fourth-order valence-electron chi connectivity index (χ4n) is 2.12. The number of allylic oxidation sites excluding steroid dienone is 3. The van der Waals surface area contributed by atoms with E-state index in [2.05, 4.69) is 5.32 Å². The number of hydrogen-bond donors (Lipinski definition) is 1. The standard InChI is InChI=1S/C17H18ClNO2/c1-11-7-8-15(21-3)9-12(2)17(20)19-16(11)13-5-4-6-14(18)10-13/h4-6,8-10H,7H2,1-3H3,(H,19,20)/b12-9+,15-8+,16-11-. The molecule has 0 spiro atoms. The zero-order valence-electron chi connectivity index (χ0n) is 12.4. The zero-order chi connectivity index (χ0) is 15.4. The van der Waals surface area contributed by atoms with Crippen LogP contribution in [0.5, 0.6) is 0 Å². The quantitative estimate of drug-likeness (QED) is 0.894. The third-order valence-corrected chi connectivity index (χ3v) is 3.58. The second-order valence-corrected chi connectivity index (χ2v) is 5.40. The third-order valence-electron chi connectivity index (χ3n) is 3.34. The predicted molar refractivity (Wildman–Crippen MR) is 85.7 cm³/mol. The number of nitrogens with one attached hydrogen (secondary N) is 1. The van der Waals surface area contributed by atoms with E-state index in [9.17, 15) is 4.79 Å². The molecule has 110 valence electrons. The number of hydrogen-bond acceptors (Lipinski definition) is 2. The normalized spacial score (nSPS) is 24.7. The minimum Gasteiger partial charge on any atom is -0.497 e. The molecule has 0 aromatic heterocycles. The van der Waals surface area contributed by atoms with Crippen molar-refractivity contribution in [3.05, 3.63) is 63.9 Å². The van der Waals surface area contributed by atoms with E-state index in [0.29, 0.717) is 22.8 Å². The minimum atomic E-state index is -0.144. The van der Waals surface area contributed by atoms with E-state index >= 15 is 0 Å². The summed E-state index contributed by atoms with van der Waals surface area (Å²) in [7, 11) is 1.60. The number of ether oxygens (including phenoxy) is 1. The summed E-state index contributed by atoms with van der Waals surface area (Å²) < 4.78 is 5.27. The number of methoxy groups -OCH3 is 1. The van der Waals surface area contributed by atoms with Crippen molar-refractivity contribution in [2.24, 2.45) is 0 Å². The Hall–Kier alpha value is -2.00. The van der Waals surface area contributed by atoms with Crippen LogP contribution in [0.15, 0.2) is 53.3 Å². The first kappa shape index (κ1) is 15.4. The monoisotopic (exact) mass is 303 g/mol. The van der Waals surface area contributed by atoms with Gasteiger partial charge in [0.25, 0.3) is 5.91 Å². The van der Waals surface area contributed by atoms with E-state index in [4.69, 9.17) is 16.3 Å². The Kier molecular flexibility index (Phi) is 4.86. The van der Waals surface area contributed by atoms with Gasteiger partial charge in [-0.25, -0.2) is 0 Å². The van der Waals surface area contributed by atoms with Crippen LogP contribution < -0.4 is 5.32 Å². The summed E-state index contributed by atoms with van der Waals surface area (Å²) in [5, 5.41) is 3.61. The molecular weight excluding hydrogens is 286 g/mol. The van der Waals surface area contributed by atoms with Crippen LogP contribution in [0, 0.1) is 0 Å². The van der Waals surface area contributed by atoms with Gasteiger partial charge in [-0.05, 0) is 55.7 Å². The van der Waals surface area contributed by atoms with Gasteiger partial charge < -0.3 is 10.1 Å². The number of amides is 1. The van der Waals surface area contributed by atoms with Crippen LogP contribution in [0.2, 0.25) is 5.02 Å². The lowest BCUT2D eigenvalue weighted by Gasteiger charge is -2.13. The zero-order valence-corrected chi connectivity index (χ0v) is 13.1. The van der Waals surface area contributed by atoms with Crippen molar-refractivity contribution in [2.75, 3.05) is 7.11 Å². The lowest BCUT2D eigenvalue weighted by Crippen LogP contribution is -2.23. The highest BCUT2D eigenvalue weighted by molar-refractivity contribution is 6.30. The van der Waals surface area contributed by atoms with Crippen LogP contribution in [0.3, 0.4) is 0 Å². The fraction of sp³-hybridized carbons (Fsp3) is 0.235. The number of carbonyl (C=O) groups excluding carboxylic acids is 1. The van der Waals surface area contributed by atoms with Crippen molar-refractivity contribution in [1.82, 2.24) is 5.32 Å². The number of halogens is 1. The molecule has 1 aromatic carbocycles. The summed E-state index contributed by atoms with van der Waals surface area (Å²) in [5.41, 5.74) is 3.33. The Bertz CT molecular complexity index is 657. The summed E-state index contributed by atoms with van der Waals surface area (Å²) in [4.78, 5) is 12.3. The van der Waals surface area contributed by atoms with Crippen LogP contribution in [0.25, 0.3) is 5.70 Å². The molecule has 4 heteroatoms. The molecule has 0 bridgehead atoms. The van der Waals surface area contributed by atoms with Gasteiger partial charge in [0.2, 0.25) is 0 Å². The number of rotatable bonds is 2. The highest BCUT2D eigenvalue weighted by atomic mass is 35.5. The van der Waals surface area contributed by atoms with Gasteiger partial charge in [0.15, 0.2) is 0 Å². The molecule has 0 aliphatic carbocycles. The fourth-order valence-corrected chi connectivity index (χ4v) is 2.31. The Morgan fingerprint density at radius 3 is 2.71 bits per heavy atom. The molecule has 0 saturated carbocycles. The lowest BCUT2D eigenvalue weighted by molar-refractivity contribution is -0.116. The average Bonchev–Trinajstić information content (AvgIpc) is 2.52. The van der Waals surface area contributed by atoms with Crippen LogP contribution >= 0.6 is 11.6 Å². The summed E-state index contributed by atoms with van der Waals surface area (Å²) >= 11 is 6.05. The second kappa shape index (κ2) is 6.64. The van der Waals surface area contributed by atoms with Crippen molar-refractivity contribution in [1.29, 1.82) is 0 Å². The molecule has 1 heterocycles. The maximum Gasteiger partial charge on any atom is 0.251 e. The second-order valence-electron chi connectivity index (χ2n) is 4.96. The Labute approximate surface area is 129 Å². The summed E-state index contributed by atoms with van der Waals surface area (Å²) in [6.45, 7) is 3.75. The molecule has 1 amide bonds. The Morgan fingerprint density at radius 2 is 2.05 bits per heavy atom. The van der Waals surface area contributed by atoms with Crippen molar-refractivity contribution in [2.45, 2.75) is 20.3 Å². The SMILES string of the molecule is COC1=C/C/C(C)=C(/c2cccc(Cl)c2)NC(=O)\C(C)=C\1. The number of benzene rings is 1. The van der Waals surface area contributed by atoms with Gasteiger partial charge in [-0.15, -0.1) is 0 Å². The van der Waals surface area contributed by atoms with E-state index in [-0.39, 0.29) is 5.91 Å². The maximum atomic E-state index is 12.3. The van der Waals surface area contributed by atoms with Crippen LogP contribution in [-0.2, 0) is 9.53 Å². The molecule has 0 fully saturated rings. The predicted octanol–water partition coefficient (Wildman–Crippen LogP) is 4.07. The van der Waals surface area contributed by atoms with Crippen LogP contribution in [-0.4, -0.2) is 13.0 Å². The molecule has 1 aliphatic rings. The Balaban J connectivity index is 2.49. The van der Waals surface area contributed by atoms with Crippen LogP contribution in [0.1, 0.15) is 25.8 Å². The molecule has 0 radical (unpaired) electrons. The van der Waals surface area contributed by atoms with Gasteiger partial charge in [0, 0.05) is 16.3 Å². The highest BCUT2D eigenvalue weighted by Crippen LogP contribution is 2.24. The van der Waals surface area contributed by atoms with Gasteiger partial charge in [-0.3, -0.25) is 4.79 Å². The largest absolute Gasteiger partial charge is 0.497 e. The molecule has 1 N–H and O–H groups in total. The van der Waals surface area contributed by atoms with Gasteiger partial charge in [-0.1, -0.05) is 23.7 Å². The molecule has 1 aliphatic heterocycles. The molecule has 2 rings (SSSR count). The summed E-state index contributed by atoms with van der Waals surface area (Å²) in [6.07, 6.45) is 4.39. The van der Waals surface area contributed by atoms with E-state index < -0.39 is 0 Å². The molecule has 21 heavy (non-hydrogen) atoms. The van der Waals surface area contributed by atoms with Crippen molar-refractivity contribution in [3.63, 3.8) is 0 Å². The van der Waals surface area contributed by atoms with Crippen LogP contribution in [0.4, 0.5) is 0 Å². The van der Waals surface area contributed by atoms with Crippen molar-refractivity contribution in [3.8, 4) is 0 Å².